The third-order valence-corrected chi connectivity index (χ3v) is 5.99. The minimum absolute atomic E-state index is 0.00252. The van der Waals surface area contributed by atoms with E-state index in [2.05, 4.69) is 10.2 Å². The lowest BCUT2D eigenvalue weighted by Crippen LogP contribution is -2.24. The molecule has 0 amide bonds. The molecule has 8 nitrogen and oxygen atoms in total. The van der Waals surface area contributed by atoms with Crippen molar-refractivity contribution in [3.05, 3.63) is 76.9 Å². The van der Waals surface area contributed by atoms with Crippen molar-refractivity contribution >= 4 is 28.2 Å². The summed E-state index contributed by atoms with van der Waals surface area (Å²) in [5.41, 5.74) is 1.74. The third kappa shape index (κ3) is 5.32. The first kappa shape index (κ1) is 26.7. The molecule has 0 saturated heterocycles. The van der Waals surface area contributed by atoms with Crippen LogP contribution in [-0.2, 0) is 22.1 Å². The maximum Gasteiger partial charge on any atom is 0.416 e. The van der Waals surface area contributed by atoms with E-state index in [9.17, 15) is 28.2 Å². The van der Waals surface area contributed by atoms with Crippen molar-refractivity contribution in [1.82, 2.24) is 4.57 Å². The average molecular weight is 527 g/mol. The number of carboxylic acid groups (broad SMARTS) is 1. The van der Waals surface area contributed by atoms with Gasteiger partial charge >= 0.3 is 12.1 Å². The van der Waals surface area contributed by atoms with Gasteiger partial charge in [0.2, 0.25) is 5.88 Å². The quantitative estimate of drug-likeness (QED) is 0.230. The van der Waals surface area contributed by atoms with E-state index in [1.807, 2.05) is 19.9 Å². The van der Waals surface area contributed by atoms with E-state index in [4.69, 9.17) is 9.84 Å². The summed E-state index contributed by atoms with van der Waals surface area (Å²) in [5, 5.41) is 39.0. The molecular formula is C27H24F3N3O5. The van der Waals surface area contributed by atoms with Crippen LogP contribution in [0, 0.1) is 13.8 Å². The normalized spacial score (nSPS) is 12.9. The van der Waals surface area contributed by atoms with Crippen LogP contribution < -0.4 is 0 Å². The second-order valence-corrected chi connectivity index (χ2v) is 8.87. The van der Waals surface area contributed by atoms with Gasteiger partial charge in [0.25, 0.3) is 0 Å². The molecular weight excluding hydrogens is 503 g/mol. The molecule has 0 saturated carbocycles. The van der Waals surface area contributed by atoms with Gasteiger partial charge in [-0.25, -0.2) is 4.79 Å². The van der Waals surface area contributed by atoms with Gasteiger partial charge in [0, 0.05) is 24.6 Å². The fourth-order valence-corrected chi connectivity index (χ4v) is 4.24. The molecule has 0 aliphatic heterocycles. The third-order valence-electron chi connectivity index (χ3n) is 5.99. The summed E-state index contributed by atoms with van der Waals surface area (Å²) in [7, 11) is 1.26. The van der Waals surface area contributed by atoms with E-state index < -0.39 is 29.7 Å². The molecule has 11 heteroatoms. The fraction of sp³-hybridized carbons (Fsp3) is 0.222. The molecule has 1 heterocycles. The van der Waals surface area contributed by atoms with Gasteiger partial charge < -0.3 is 20.1 Å². The van der Waals surface area contributed by atoms with Crippen molar-refractivity contribution in [2.75, 3.05) is 7.11 Å². The van der Waals surface area contributed by atoms with Crippen LogP contribution in [0.15, 0.2) is 64.8 Å². The first-order chi connectivity index (χ1) is 17.9. The Morgan fingerprint density at radius 1 is 1.00 bits per heavy atom. The molecule has 0 fully saturated rings. The Hall–Kier alpha value is -4.38. The number of fused-ring (bicyclic) bond motifs is 1. The molecule has 0 aliphatic rings. The van der Waals surface area contributed by atoms with Crippen LogP contribution in [0.3, 0.4) is 0 Å². The summed E-state index contributed by atoms with van der Waals surface area (Å²) in [6.07, 6.45) is -5.70. The van der Waals surface area contributed by atoms with Crippen LogP contribution in [0.25, 0.3) is 16.6 Å². The standard InChI is InChI=1S/C27H24F3N3O5/c1-14-8-15(2)10-18(9-14)33-21-13-17(27(28,29)30)5-6-19(21)24(25(33)35)32-31-20-7-4-16(11-22(20)34)12-23(38-3)26(36)37/h4-11,13,23,34-35H,12H2,1-3H3,(H,36,37). The molecule has 0 spiro atoms. The number of nitrogens with zero attached hydrogens (tertiary/aromatic N) is 3. The van der Waals surface area contributed by atoms with Crippen molar-refractivity contribution in [3.8, 4) is 17.3 Å². The number of ether oxygens (including phenoxy) is 1. The molecule has 3 aromatic carbocycles. The Morgan fingerprint density at radius 2 is 1.68 bits per heavy atom. The van der Waals surface area contributed by atoms with Gasteiger partial charge in [-0.15, -0.1) is 10.2 Å². The number of aryl methyl sites for hydroxylation is 2. The molecule has 4 aromatic rings. The molecule has 4 rings (SSSR count). The second kappa shape index (κ2) is 10.2. The van der Waals surface area contributed by atoms with Crippen LogP contribution in [0.4, 0.5) is 24.5 Å². The maximum absolute atomic E-state index is 13.5. The topological polar surface area (TPSA) is 117 Å². The number of alkyl halides is 3. The Morgan fingerprint density at radius 3 is 2.26 bits per heavy atom. The van der Waals surface area contributed by atoms with Crippen molar-refractivity contribution in [3.63, 3.8) is 0 Å². The van der Waals surface area contributed by atoms with E-state index >= 15 is 0 Å². The van der Waals surface area contributed by atoms with Gasteiger partial charge in [0.15, 0.2) is 11.8 Å². The van der Waals surface area contributed by atoms with Gasteiger partial charge in [-0.1, -0.05) is 12.1 Å². The van der Waals surface area contributed by atoms with Gasteiger partial charge in [0.05, 0.1) is 11.1 Å². The number of rotatable bonds is 7. The number of aromatic nitrogens is 1. The van der Waals surface area contributed by atoms with Crippen LogP contribution in [-0.4, -0.2) is 39.1 Å². The number of aliphatic carboxylic acids is 1. The highest BCUT2D eigenvalue weighted by Gasteiger charge is 2.32. The highest BCUT2D eigenvalue weighted by atomic mass is 19.4. The smallest absolute Gasteiger partial charge is 0.416 e. The van der Waals surface area contributed by atoms with Crippen LogP contribution in [0.2, 0.25) is 0 Å². The largest absolute Gasteiger partial charge is 0.506 e. The first-order valence-corrected chi connectivity index (χ1v) is 11.4. The number of methoxy groups -OCH3 is 1. The lowest BCUT2D eigenvalue weighted by Gasteiger charge is -2.11. The van der Waals surface area contributed by atoms with E-state index in [1.165, 1.54) is 35.9 Å². The van der Waals surface area contributed by atoms with Crippen molar-refractivity contribution in [2.24, 2.45) is 10.2 Å². The molecule has 0 aliphatic carbocycles. The zero-order valence-corrected chi connectivity index (χ0v) is 20.6. The number of aromatic hydroxyl groups is 2. The van der Waals surface area contributed by atoms with Gasteiger partial charge in [-0.05, 0) is 73.0 Å². The number of carboxylic acids is 1. The number of azo groups is 1. The maximum atomic E-state index is 13.5. The fourth-order valence-electron chi connectivity index (χ4n) is 4.24. The number of benzene rings is 3. The number of carbonyl (C=O) groups is 1. The van der Waals surface area contributed by atoms with Gasteiger partial charge in [0.1, 0.15) is 11.4 Å². The lowest BCUT2D eigenvalue weighted by molar-refractivity contribution is -0.148. The molecule has 0 bridgehead atoms. The summed E-state index contributed by atoms with van der Waals surface area (Å²) in [5.74, 6) is -1.88. The summed E-state index contributed by atoms with van der Waals surface area (Å²) in [6, 6.07) is 12.7. The number of hydrogen-bond donors (Lipinski definition) is 3. The van der Waals surface area contributed by atoms with Gasteiger partial charge in [-0.3, -0.25) is 4.57 Å². The summed E-state index contributed by atoms with van der Waals surface area (Å²) in [6.45, 7) is 3.66. The molecule has 0 radical (unpaired) electrons. The van der Waals surface area contributed by atoms with Crippen LogP contribution >= 0.6 is 0 Å². The predicted octanol–water partition coefficient (Wildman–Crippen LogP) is 6.73. The highest BCUT2D eigenvalue weighted by molar-refractivity contribution is 5.97. The van der Waals surface area contributed by atoms with Gasteiger partial charge in [-0.2, -0.15) is 13.2 Å². The summed E-state index contributed by atoms with van der Waals surface area (Å²) < 4.78 is 46.7. The minimum Gasteiger partial charge on any atom is -0.506 e. The molecule has 3 N–H and O–H groups in total. The Kier molecular flexibility index (Phi) is 7.14. The van der Waals surface area contributed by atoms with Crippen molar-refractivity contribution in [2.45, 2.75) is 32.5 Å². The Bertz CT molecular complexity index is 1540. The molecule has 38 heavy (non-hydrogen) atoms. The lowest BCUT2D eigenvalue weighted by atomic mass is 10.1. The molecule has 1 atom stereocenters. The van der Waals surface area contributed by atoms with E-state index in [1.54, 1.807) is 12.1 Å². The SMILES string of the molecule is COC(Cc1ccc(N=Nc2c(O)n(-c3cc(C)cc(C)c3)c3cc(C(F)(F)F)ccc23)c(O)c1)C(=O)O. The molecule has 1 aromatic heterocycles. The zero-order valence-electron chi connectivity index (χ0n) is 20.6. The predicted molar refractivity (Wildman–Crippen MR) is 134 cm³/mol. The van der Waals surface area contributed by atoms with E-state index in [0.717, 1.165) is 23.3 Å². The van der Waals surface area contributed by atoms with Crippen molar-refractivity contribution < 1.29 is 38.0 Å². The van der Waals surface area contributed by atoms with E-state index in [0.29, 0.717) is 11.3 Å². The van der Waals surface area contributed by atoms with Crippen molar-refractivity contribution in [1.29, 1.82) is 0 Å². The summed E-state index contributed by atoms with van der Waals surface area (Å²) in [4.78, 5) is 11.2. The van der Waals surface area contributed by atoms with Crippen LogP contribution in [0.5, 0.6) is 11.6 Å². The number of phenolic OH excluding ortho intramolecular Hbond substituents is 1. The van der Waals surface area contributed by atoms with Crippen LogP contribution in [0.1, 0.15) is 22.3 Å². The number of halogens is 3. The monoisotopic (exact) mass is 527 g/mol. The first-order valence-electron chi connectivity index (χ1n) is 11.4. The average Bonchev–Trinajstić information content (AvgIpc) is 3.11. The number of phenols is 1. The minimum atomic E-state index is -4.60. The Balaban J connectivity index is 1.81. The highest BCUT2D eigenvalue weighted by Crippen LogP contribution is 2.44. The second-order valence-electron chi connectivity index (χ2n) is 8.87. The summed E-state index contributed by atoms with van der Waals surface area (Å²) >= 11 is 0. The molecule has 1 unspecified atom stereocenters. The molecule has 198 valence electrons. The number of hydrogen-bond acceptors (Lipinski definition) is 6. The zero-order chi connectivity index (χ0) is 27.8. The Labute approximate surface area is 215 Å². The van der Waals surface area contributed by atoms with E-state index in [-0.39, 0.29) is 34.4 Å².